The van der Waals surface area contributed by atoms with Gasteiger partial charge in [-0.3, -0.25) is 20.0 Å². The third-order valence-corrected chi connectivity index (χ3v) is 4.51. The van der Waals surface area contributed by atoms with Gasteiger partial charge in [0.25, 0.3) is 11.2 Å². The van der Waals surface area contributed by atoms with Gasteiger partial charge in [0.1, 0.15) is 0 Å². The molecule has 4 rings (SSSR count). The number of hydrogen-bond acceptors (Lipinski definition) is 5. The molecule has 148 valence electrons. The topological polar surface area (TPSA) is 106 Å². The van der Waals surface area contributed by atoms with Crippen LogP contribution in [0, 0.1) is 17.0 Å². The number of non-ortho nitro benzene ring substituents is 1. The molecule has 0 spiro atoms. The molecule has 0 bridgehead atoms. The number of benzene rings is 3. The molecule has 8 nitrogen and oxygen atoms in total. The second-order valence-electron chi connectivity index (χ2n) is 6.65. The van der Waals surface area contributed by atoms with Crippen molar-refractivity contribution in [2.75, 3.05) is 0 Å². The molecule has 0 aliphatic rings. The Balaban J connectivity index is 1.83. The first-order valence-corrected chi connectivity index (χ1v) is 9.16. The van der Waals surface area contributed by atoms with E-state index in [4.69, 9.17) is 0 Å². The molecular weight excluding hydrogens is 382 g/mol. The lowest BCUT2D eigenvalue weighted by atomic mass is 10.1. The third kappa shape index (κ3) is 3.79. The normalized spacial score (nSPS) is 11.1. The zero-order valence-corrected chi connectivity index (χ0v) is 16.0. The maximum absolute atomic E-state index is 13.1. The molecule has 0 unspecified atom stereocenters. The lowest BCUT2D eigenvalue weighted by Crippen LogP contribution is -2.13. The summed E-state index contributed by atoms with van der Waals surface area (Å²) in [6.07, 6.45) is 0. The predicted octanol–water partition coefficient (Wildman–Crippen LogP) is 5.46. The van der Waals surface area contributed by atoms with Crippen LogP contribution in [0.4, 0.5) is 17.1 Å². The van der Waals surface area contributed by atoms with E-state index in [0.29, 0.717) is 17.1 Å². The van der Waals surface area contributed by atoms with E-state index in [2.05, 4.69) is 15.3 Å². The molecule has 0 saturated heterocycles. The van der Waals surface area contributed by atoms with Gasteiger partial charge < -0.3 is 0 Å². The van der Waals surface area contributed by atoms with Crippen molar-refractivity contribution in [2.24, 2.45) is 10.2 Å². The zero-order valence-electron chi connectivity index (χ0n) is 16.0. The lowest BCUT2D eigenvalue weighted by Gasteiger charge is -2.01. The molecule has 0 aliphatic carbocycles. The van der Waals surface area contributed by atoms with Crippen LogP contribution in [0.3, 0.4) is 0 Å². The van der Waals surface area contributed by atoms with Crippen molar-refractivity contribution in [3.63, 3.8) is 0 Å². The van der Waals surface area contributed by atoms with Crippen molar-refractivity contribution < 1.29 is 4.92 Å². The molecule has 0 saturated carbocycles. The summed E-state index contributed by atoms with van der Waals surface area (Å²) in [5.74, 6) is 0. The van der Waals surface area contributed by atoms with E-state index in [1.807, 2.05) is 55.5 Å². The van der Waals surface area contributed by atoms with Gasteiger partial charge in [0.2, 0.25) is 0 Å². The Morgan fingerprint density at radius 2 is 1.67 bits per heavy atom. The second-order valence-corrected chi connectivity index (χ2v) is 6.65. The third-order valence-electron chi connectivity index (χ3n) is 4.51. The van der Waals surface area contributed by atoms with E-state index in [0.717, 1.165) is 11.1 Å². The number of aromatic nitrogens is 2. The number of rotatable bonds is 5. The highest BCUT2D eigenvalue weighted by Gasteiger charge is 2.17. The highest BCUT2D eigenvalue weighted by molar-refractivity contribution is 5.72. The highest BCUT2D eigenvalue weighted by atomic mass is 16.6. The molecule has 1 N–H and O–H groups in total. The van der Waals surface area contributed by atoms with Crippen LogP contribution >= 0.6 is 0 Å². The molecule has 1 heterocycles. The fraction of sp³-hybridized carbons (Fsp3) is 0.0455. The fourth-order valence-electron chi connectivity index (χ4n) is 3.03. The monoisotopic (exact) mass is 399 g/mol. The summed E-state index contributed by atoms with van der Waals surface area (Å²) in [4.78, 5) is 23.5. The Bertz CT molecular complexity index is 1290. The second kappa shape index (κ2) is 7.96. The van der Waals surface area contributed by atoms with Crippen molar-refractivity contribution in [1.82, 2.24) is 9.78 Å². The van der Waals surface area contributed by atoms with Crippen LogP contribution in [0.1, 0.15) is 5.56 Å². The van der Waals surface area contributed by atoms with Crippen molar-refractivity contribution in [2.45, 2.75) is 6.92 Å². The molecule has 30 heavy (non-hydrogen) atoms. The van der Waals surface area contributed by atoms with Gasteiger partial charge in [0.05, 0.1) is 22.0 Å². The van der Waals surface area contributed by atoms with Crippen molar-refractivity contribution in [1.29, 1.82) is 0 Å². The minimum atomic E-state index is -0.488. The number of nitrogens with zero attached hydrogens (tertiary/aromatic N) is 4. The molecule has 3 aromatic carbocycles. The van der Waals surface area contributed by atoms with Gasteiger partial charge >= 0.3 is 0 Å². The zero-order chi connectivity index (χ0) is 21.1. The van der Waals surface area contributed by atoms with Gasteiger partial charge in [-0.25, -0.2) is 4.68 Å². The lowest BCUT2D eigenvalue weighted by molar-refractivity contribution is -0.384. The average Bonchev–Trinajstić information content (AvgIpc) is 3.09. The maximum atomic E-state index is 13.1. The number of H-pyrrole nitrogens is 1. The molecular formula is C22H17N5O3. The molecule has 4 aromatic rings. The Morgan fingerprint density at radius 3 is 2.33 bits per heavy atom. The molecule has 1 aromatic heterocycles. The van der Waals surface area contributed by atoms with Crippen LogP contribution in [-0.4, -0.2) is 14.7 Å². The number of hydrogen-bond donors (Lipinski definition) is 1. The van der Waals surface area contributed by atoms with Gasteiger partial charge in [-0.2, -0.15) is 5.11 Å². The summed E-state index contributed by atoms with van der Waals surface area (Å²) in [5.41, 5.74) is 3.10. The molecule has 0 fully saturated rings. The average molecular weight is 399 g/mol. The summed E-state index contributed by atoms with van der Waals surface area (Å²) in [7, 11) is 0. The summed E-state index contributed by atoms with van der Waals surface area (Å²) in [5, 5.41) is 22.4. The molecule has 0 radical (unpaired) electrons. The Hall–Kier alpha value is -4.33. The summed E-state index contributed by atoms with van der Waals surface area (Å²) in [6, 6.07) is 22.5. The Labute approximate surface area is 171 Å². The highest BCUT2D eigenvalue weighted by Crippen LogP contribution is 2.28. The van der Waals surface area contributed by atoms with E-state index in [1.54, 1.807) is 6.07 Å². The van der Waals surface area contributed by atoms with E-state index in [-0.39, 0.29) is 11.4 Å². The molecule has 8 heteroatoms. The number of nitro benzene ring substituents is 1. The number of nitrogens with one attached hydrogen (secondary N) is 1. The largest absolute Gasteiger partial charge is 0.299 e. The van der Waals surface area contributed by atoms with Crippen molar-refractivity contribution in [3.8, 4) is 16.9 Å². The molecule has 0 amide bonds. The van der Waals surface area contributed by atoms with Crippen LogP contribution in [0.5, 0.6) is 0 Å². The van der Waals surface area contributed by atoms with E-state index >= 15 is 0 Å². The van der Waals surface area contributed by atoms with Crippen LogP contribution in [0.2, 0.25) is 0 Å². The number of azo groups is 1. The van der Waals surface area contributed by atoms with E-state index in [1.165, 1.54) is 28.9 Å². The number of aromatic amines is 1. The summed E-state index contributed by atoms with van der Waals surface area (Å²) >= 11 is 0. The van der Waals surface area contributed by atoms with Crippen molar-refractivity contribution in [3.05, 3.63) is 105 Å². The minimum Gasteiger partial charge on any atom is -0.288 e. The Morgan fingerprint density at radius 1 is 0.933 bits per heavy atom. The summed E-state index contributed by atoms with van der Waals surface area (Å²) in [6.45, 7) is 1.95. The standard InChI is InChI=1S/C22H17N5O3/c1-15-6-5-9-17(14-15)23-24-21-20(16-7-3-2-4-8-16)25-26(22(21)28)18-10-12-19(13-11-18)27(29)30/h2-14,25H,1H3. The number of aryl methyl sites for hydroxylation is 1. The SMILES string of the molecule is Cc1cccc(N=Nc2c(-c3ccccc3)[nH]n(-c3ccc([N+](=O)[O-])cc3)c2=O)c1. The van der Waals surface area contributed by atoms with Gasteiger partial charge in [0, 0.05) is 17.7 Å². The molecule has 0 aliphatic heterocycles. The van der Waals surface area contributed by atoms with Crippen LogP contribution in [-0.2, 0) is 0 Å². The first-order valence-electron chi connectivity index (χ1n) is 9.16. The fourth-order valence-corrected chi connectivity index (χ4v) is 3.03. The van der Waals surface area contributed by atoms with Gasteiger partial charge in [-0.1, -0.05) is 42.5 Å². The number of nitro groups is 1. The smallest absolute Gasteiger partial charge is 0.288 e. The Kier molecular flexibility index (Phi) is 5.04. The quantitative estimate of drug-likeness (QED) is 0.273. The van der Waals surface area contributed by atoms with Gasteiger partial charge in [-0.05, 0) is 36.8 Å². The van der Waals surface area contributed by atoms with E-state index < -0.39 is 10.5 Å². The first-order chi connectivity index (χ1) is 14.5. The predicted molar refractivity (Wildman–Crippen MR) is 114 cm³/mol. The van der Waals surface area contributed by atoms with Crippen LogP contribution in [0.25, 0.3) is 16.9 Å². The van der Waals surface area contributed by atoms with Crippen LogP contribution in [0.15, 0.2) is 93.9 Å². The van der Waals surface area contributed by atoms with Gasteiger partial charge in [-0.15, -0.1) is 5.11 Å². The minimum absolute atomic E-state index is 0.0546. The maximum Gasteiger partial charge on any atom is 0.299 e. The first kappa shape index (κ1) is 19.0. The summed E-state index contributed by atoms with van der Waals surface area (Å²) < 4.78 is 1.30. The van der Waals surface area contributed by atoms with Crippen LogP contribution < -0.4 is 5.56 Å². The van der Waals surface area contributed by atoms with Crippen molar-refractivity contribution >= 4 is 17.1 Å². The molecule has 0 atom stereocenters. The van der Waals surface area contributed by atoms with Gasteiger partial charge in [0.15, 0.2) is 5.69 Å². The van der Waals surface area contributed by atoms with E-state index in [9.17, 15) is 14.9 Å².